The molecule has 0 unspecified atom stereocenters. The van der Waals surface area contributed by atoms with Gasteiger partial charge >= 0.3 is 0 Å². The molecule has 3 nitrogen and oxygen atoms in total. The van der Waals surface area contributed by atoms with Gasteiger partial charge in [0, 0.05) is 23.1 Å². The molecule has 0 aliphatic heterocycles. The van der Waals surface area contributed by atoms with Crippen molar-refractivity contribution in [2.24, 2.45) is 29.4 Å². The van der Waals surface area contributed by atoms with Crippen molar-refractivity contribution in [1.82, 2.24) is 4.98 Å². The van der Waals surface area contributed by atoms with Crippen molar-refractivity contribution in [3.8, 4) is 0 Å². The Morgan fingerprint density at radius 3 is 2.88 bits per heavy atom. The van der Waals surface area contributed by atoms with Crippen LogP contribution in [0.1, 0.15) is 51.1 Å². The SMILES string of the molecule is CC(=O)C[C@@H]1[C@@H](/C=C/c2ccc(Br)cn2)[C@@H]2CCCC[C@H]2C[C@H]1N. The molecule has 5 atom stereocenters. The van der Waals surface area contributed by atoms with E-state index in [1.165, 1.54) is 25.7 Å². The molecule has 2 N–H and O–H groups in total. The minimum Gasteiger partial charge on any atom is -0.327 e. The summed E-state index contributed by atoms with van der Waals surface area (Å²) in [7, 11) is 0. The Labute approximate surface area is 153 Å². The molecule has 2 aliphatic rings. The van der Waals surface area contributed by atoms with Gasteiger partial charge in [-0.1, -0.05) is 25.3 Å². The number of aromatic nitrogens is 1. The fourth-order valence-corrected chi connectivity index (χ4v) is 5.00. The molecule has 0 bridgehead atoms. The lowest BCUT2D eigenvalue weighted by molar-refractivity contribution is -0.119. The van der Waals surface area contributed by atoms with E-state index in [0.717, 1.165) is 22.5 Å². The number of ketones is 1. The zero-order chi connectivity index (χ0) is 17.1. The summed E-state index contributed by atoms with van der Waals surface area (Å²) in [5.41, 5.74) is 7.47. The summed E-state index contributed by atoms with van der Waals surface area (Å²) in [6.07, 6.45) is 13.1. The normalized spacial score (nSPS) is 33.4. The van der Waals surface area contributed by atoms with Crippen molar-refractivity contribution in [3.63, 3.8) is 0 Å². The average Bonchev–Trinajstić information content (AvgIpc) is 2.56. The fraction of sp³-hybridized carbons (Fsp3) is 0.600. The Morgan fingerprint density at radius 2 is 2.17 bits per heavy atom. The number of carbonyl (C=O) groups excluding carboxylic acids is 1. The van der Waals surface area contributed by atoms with Crippen molar-refractivity contribution in [2.45, 2.75) is 51.5 Å². The van der Waals surface area contributed by atoms with Crippen molar-refractivity contribution in [1.29, 1.82) is 0 Å². The first-order valence-electron chi connectivity index (χ1n) is 9.09. The number of hydrogen-bond acceptors (Lipinski definition) is 3. The van der Waals surface area contributed by atoms with Gasteiger partial charge in [-0.15, -0.1) is 0 Å². The molecule has 0 aromatic carbocycles. The van der Waals surface area contributed by atoms with Crippen LogP contribution in [0, 0.1) is 23.7 Å². The highest BCUT2D eigenvalue weighted by molar-refractivity contribution is 9.10. The summed E-state index contributed by atoms with van der Waals surface area (Å²) < 4.78 is 0.987. The van der Waals surface area contributed by atoms with E-state index < -0.39 is 0 Å². The fourth-order valence-electron chi connectivity index (χ4n) is 4.76. The first kappa shape index (κ1) is 17.8. The highest BCUT2D eigenvalue weighted by Gasteiger charge is 2.43. The van der Waals surface area contributed by atoms with Crippen LogP contribution in [0.25, 0.3) is 6.08 Å². The van der Waals surface area contributed by atoms with Gasteiger partial charge in [0.1, 0.15) is 5.78 Å². The monoisotopic (exact) mass is 390 g/mol. The van der Waals surface area contributed by atoms with E-state index in [1.54, 1.807) is 6.92 Å². The molecule has 2 saturated carbocycles. The molecule has 0 amide bonds. The Hall–Kier alpha value is -1.00. The number of Topliss-reactive ketones (excluding diaryl/α,β-unsaturated/α-hetero) is 1. The summed E-state index contributed by atoms with van der Waals surface area (Å²) in [5.74, 6) is 2.32. The van der Waals surface area contributed by atoms with E-state index in [0.29, 0.717) is 18.3 Å². The number of hydrogen-bond donors (Lipinski definition) is 1. The maximum atomic E-state index is 11.8. The Kier molecular flexibility index (Phi) is 5.88. The zero-order valence-corrected chi connectivity index (χ0v) is 15.9. The van der Waals surface area contributed by atoms with Crippen LogP contribution in [0.2, 0.25) is 0 Å². The van der Waals surface area contributed by atoms with Crippen LogP contribution in [0.4, 0.5) is 0 Å². The minimum atomic E-state index is 0.140. The lowest BCUT2D eigenvalue weighted by Gasteiger charge is -2.47. The third-order valence-electron chi connectivity index (χ3n) is 5.84. The van der Waals surface area contributed by atoms with Crippen molar-refractivity contribution >= 4 is 27.8 Å². The molecule has 4 heteroatoms. The maximum Gasteiger partial charge on any atom is 0.130 e. The van der Waals surface area contributed by atoms with E-state index in [4.69, 9.17) is 5.73 Å². The number of fused-ring (bicyclic) bond motifs is 1. The quantitative estimate of drug-likeness (QED) is 0.816. The third-order valence-corrected chi connectivity index (χ3v) is 6.31. The molecule has 1 aromatic heterocycles. The molecular weight excluding hydrogens is 364 g/mol. The van der Waals surface area contributed by atoms with Crippen molar-refractivity contribution in [3.05, 3.63) is 34.6 Å². The van der Waals surface area contributed by atoms with E-state index in [-0.39, 0.29) is 17.7 Å². The average molecular weight is 391 g/mol. The lowest BCUT2D eigenvalue weighted by Crippen LogP contribution is -2.48. The van der Waals surface area contributed by atoms with Gasteiger partial charge in [0.2, 0.25) is 0 Å². The summed E-state index contributed by atoms with van der Waals surface area (Å²) in [4.78, 5) is 16.2. The molecule has 1 aromatic rings. The smallest absolute Gasteiger partial charge is 0.130 e. The molecule has 2 fully saturated rings. The summed E-state index contributed by atoms with van der Waals surface area (Å²) in [6.45, 7) is 1.69. The first-order chi connectivity index (χ1) is 11.5. The summed E-state index contributed by atoms with van der Waals surface area (Å²) in [6, 6.07) is 4.16. The molecule has 0 radical (unpaired) electrons. The summed E-state index contributed by atoms with van der Waals surface area (Å²) in [5, 5.41) is 0. The number of allylic oxidation sites excluding steroid dienone is 1. The van der Waals surface area contributed by atoms with E-state index in [9.17, 15) is 4.79 Å². The van der Waals surface area contributed by atoms with Gasteiger partial charge in [0.25, 0.3) is 0 Å². The molecule has 0 saturated heterocycles. The van der Waals surface area contributed by atoms with E-state index >= 15 is 0 Å². The van der Waals surface area contributed by atoms with Crippen LogP contribution in [-0.4, -0.2) is 16.8 Å². The summed E-state index contributed by atoms with van der Waals surface area (Å²) >= 11 is 3.42. The van der Waals surface area contributed by atoms with Gasteiger partial charge in [0.15, 0.2) is 0 Å². The molecule has 130 valence electrons. The van der Waals surface area contributed by atoms with Gasteiger partial charge < -0.3 is 10.5 Å². The number of pyridine rings is 1. The highest BCUT2D eigenvalue weighted by atomic mass is 79.9. The molecule has 1 heterocycles. The third kappa shape index (κ3) is 4.15. The molecular formula is C20H27BrN2O. The molecule has 24 heavy (non-hydrogen) atoms. The predicted octanol–water partition coefficient (Wildman–Crippen LogP) is 4.61. The molecule has 3 rings (SSSR count). The first-order valence-corrected chi connectivity index (χ1v) is 9.88. The second-order valence-electron chi connectivity index (χ2n) is 7.52. The van der Waals surface area contributed by atoms with Gasteiger partial charge in [-0.25, -0.2) is 0 Å². The van der Waals surface area contributed by atoms with Crippen molar-refractivity contribution in [2.75, 3.05) is 0 Å². The number of nitrogens with two attached hydrogens (primary N) is 1. The topological polar surface area (TPSA) is 56.0 Å². The van der Waals surface area contributed by atoms with Crippen LogP contribution in [-0.2, 0) is 4.79 Å². The Morgan fingerprint density at radius 1 is 1.38 bits per heavy atom. The number of carbonyl (C=O) groups is 1. The second-order valence-corrected chi connectivity index (χ2v) is 8.43. The van der Waals surface area contributed by atoms with Gasteiger partial charge in [-0.3, -0.25) is 4.98 Å². The molecule has 0 spiro atoms. The van der Waals surface area contributed by atoms with Gasteiger partial charge in [0.05, 0.1) is 5.69 Å². The number of nitrogens with zero attached hydrogens (tertiary/aromatic N) is 1. The maximum absolute atomic E-state index is 11.8. The number of halogens is 1. The van der Waals surface area contributed by atoms with Crippen LogP contribution < -0.4 is 5.73 Å². The van der Waals surface area contributed by atoms with Crippen LogP contribution in [0.3, 0.4) is 0 Å². The highest BCUT2D eigenvalue weighted by Crippen LogP contribution is 2.47. The Balaban J connectivity index is 1.84. The van der Waals surface area contributed by atoms with Gasteiger partial charge in [-0.05, 0) is 77.6 Å². The van der Waals surface area contributed by atoms with Crippen LogP contribution in [0.15, 0.2) is 28.9 Å². The van der Waals surface area contributed by atoms with Crippen molar-refractivity contribution < 1.29 is 4.79 Å². The largest absolute Gasteiger partial charge is 0.327 e. The predicted molar refractivity (Wildman–Crippen MR) is 101 cm³/mol. The van der Waals surface area contributed by atoms with Crippen LogP contribution >= 0.6 is 15.9 Å². The van der Waals surface area contributed by atoms with Gasteiger partial charge in [-0.2, -0.15) is 0 Å². The van der Waals surface area contributed by atoms with Crippen LogP contribution in [0.5, 0.6) is 0 Å². The van der Waals surface area contributed by atoms with E-state index in [1.807, 2.05) is 18.3 Å². The molecule has 2 aliphatic carbocycles. The minimum absolute atomic E-state index is 0.140. The standard InChI is InChI=1S/C20H27BrN2O/c1-13(24)10-19-18(9-8-16-7-6-15(21)12-23-16)17-5-3-2-4-14(17)11-20(19)22/h6-9,12,14,17-20H,2-5,10-11,22H2,1H3/b9-8+/t14-,17+,18-,19+,20+/m0/s1. The van der Waals surface area contributed by atoms with E-state index in [2.05, 4.69) is 33.1 Å². The lowest BCUT2D eigenvalue weighted by atomic mass is 9.59. The number of rotatable bonds is 4. The second kappa shape index (κ2) is 7.92. The Bertz CT molecular complexity index is 598. The zero-order valence-electron chi connectivity index (χ0n) is 14.3.